The van der Waals surface area contributed by atoms with Crippen LogP contribution >= 0.6 is 0 Å². The van der Waals surface area contributed by atoms with Gasteiger partial charge in [-0.25, -0.2) is 8.42 Å². The minimum atomic E-state index is -3.70. The van der Waals surface area contributed by atoms with E-state index in [-0.39, 0.29) is 10.6 Å². The van der Waals surface area contributed by atoms with Crippen LogP contribution in [0.15, 0.2) is 65.8 Å². The van der Waals surface area contributed by atoms with Gasteiger partial charge in [-0.2, -0.15) is 0 Å². The smallest absolute Gasteiger partial charge is 0.261 e. The van der Waals surface area contributed by atoms with Gasteiger partial charge in [-0.1, -0.05) is 12.1 Å². The number of fused-ring (bicyclic) bond motifs is 1. The fourth-order valence-corrected chi connectivity index (χ4v) is 3.12. The number of aromatic nitrogens is 1. The number of nitrogens with one attached hydrogen (secondary N) is 1. The van der Waals surface area contributed by atoms with Crippen molar-refractivity contribution in [2.75, 3.05) is 4.72 Å². The Labute approximate surface area is 121 Å². The first-order valence-electron chi connectivity index (χ1n) is 6.21. The zero-order valence-corrected chi connectivity index (χ0v) is 11.7. The zero-order valence-electron chi connectivity index (χ0n) is 10.9. The van der Waals surface area contributed by atoms with Crippen LogP contribution in [-0.4, -0.2) is 18.5 Å². The van der Waals surface area contributed by atoms with Crippen molar-refractivity contribution < 1.29 is 13.5 Å². The molecule has 3 aromatic rings. The van der Waals surface area contributed by atoms with Crippen molar-refractivity contribution in [2.24, 2.45) is 0 Å². The molecule has 0 bridgehead atoms. The summed E-state index contributed by atoms with van der Waals surface area (Å²) in [5.74, 6) is 0.0187. The number of phenolic OH excluding ortho intramolecular Hbond substituents is 1. The van der Waals surface area contributed by atoms with Gasteiger partial charge in [0.2, 0.25) is 0 Å². The number of hydrogen-bond acceptors (Lipinski definition) is 4. The average molecular weight is 300 g/mol. The predicted octanol–water partition coefficient (Wildman–Crippen LogP) is 2.74. The summed E-state index contributed by atoms with van der Waals surface area (Å²) in [6.07, 6.45) is 3.29. The molecule has 0 unspecified atom stereocenters. The third-order valence-corrected chi connectivity index (χ3v) is 4.45. The lowest BCUT2D eigenvalue weighted by Gasteiger charge is -2.10. The van der Waals surface area contributed by atoms with Gasteiger partial charge in [0.25, 0.3) is 10.0 Å². The van der Waals surface area contributed by atoms with E-state index in [9.17, 15) is 13.5 Å². The second-order valence-corrected chi connectivity index (χ2v) is 6.18. The summed E-state index contributed by atoms with van der Waals surface area (Å²) in [6, 6.07) is 12.4. The van der Waals surface area contributed by atoms with E-state index >= 15 is 0 Å². The summed E-state index contributed by atoms with van der Waals surface area (Å²) in [5.41, 5.74) is 0.489. The molecule has 0 aliphatic carbocycles. The third kappa shape index (κ3) is 2.66. The summed E-state index contributed by atoms with van der Waals surface area (Å²) >= 11 is 0. The lowest BCUT2D eigenvalue weighted by molar-refractivity contribution is 0.475. The molecule has 2 N–H and O–H groups in total. The fraction of sp³-hybridized carbons (Fsp3) is 0. The van der Waals surface area contributed by atoms with Crippen LogP contribution < -0.4 is 4.72 Å². The molecule has 0 radical (unpaired) electrons. The van der Waals surface area contributed by atoms with Crippen molar-refractivity contribution in [1.82, 2.24) is 4.98 Å². The maximum absolute atomic E-state index is 12.3. The minimum absolute atomic E-state index is 0.0187. The second kappa shape index (κ2) is 5.06. The Morgan fingerprint density at radius 2 is 1.76 bits per heavy atom. The number of anilines is 1. The van der Waals surface area contributed by atoms with Crippen molar-refractivity contribution in [2.45, 2.75) is 4.90 Å². The lowest BCUT2D eigenvalue weighted by Crippen LogP contribution is -2.13. The molecule has 2 aromatic carbocycles. The molecule has 21 heavy (non-hydrogen) atoms. The molecule has 106 valence electrons. The Balaban J connectivity index is 2.03. The Morgan fingerprint density at radius 3 is 2.52 bits per heavy atom. The van der Waals surface area contributed by atoms with Gasteiger partial charge in [0.1, 0.15) is 5.75 Å². The first-order valence-corrected chi connectivity index (χ1v) is 7.69. The van der Waals surface area contributed by atoms with Crippen LogP contribution in [0.5, 0.6) is 5.75 Å². The van der Waals surface area contributed by atoms with E-state index in [2.05, 4.69) is 9.71 Å². The largest absolute Gasteiger partial charge is 0.508 e. The zero-order chi connectivity index (χ0) is 14.9. The lowest BCUT2D eigenvalue weighted by atomic mass is 10.1. The SMILES string of the molecule is O=S(=O)(Nc1cccc2cnccc12)c1ccc(O)cc1. The van der Waals surface area contributed by atoms with Gasteiger partial charge in [0.05, 0.1) is 10.6 Å². The molecule has 0 spiro atoms. The fourth-order valence-electron chi connectivity index (χ4n) is 2.04. The highest BCUT2D eigenvalue weighted by atomic mass is 32.2. The summed E-state index contributed by atoms with van der Waals surface area (Å²) in [6.45, 7) is 0. The number of aromatic hydroxyl groups is 1. The Morgan fingerprint density at radius 1 is 1.00 bits per heavy atom. The van der Waals surface area contributed by atoms with E-state index in [1.807, 2.05) is 6.07 Å². The van der Waals surface area contributed by atoms with Crippen molar-refractivity contribution >= 4 is 26.5 Å². The third-order valence-electron chi connectivity index (χ3n) is 3.07. The number of sulfonamides is 1. The summed E-state index contributed by atoms with van der Waals surface area (Å²) in [7, 11) is -3.70. The molecule has 5 nitrogen and oxygen atoms in total. The molecule has 0 saturated carbocycles. The predicted molar refractivity (Wildman–Crippen MR) is 80.7 cm³/mol. The van der Waals surface area contributed by atoms with Crippen LogP contribution in [0.2, 0.25) is 0 Å². The van der Waals surface area contributed by atoms with Gasteiger partial charge in [-0.05, 0) is 36.4 Å². The molecular formula is C15H12N2O3S. The maximum Gasteiger partial charge on any atom is 0.261 e. The number of pyridine rings is 1. The molecular weight excluding hydrogens is 288 g/mol. The van der Waals surface area contributed by atoms with Crippen LogP contribution in [0, 0.1) is 0 Å². The van der Waals surface area contributed by atoms with Crippen molar-refractivity contribution in [3.8, 4) is 5.75 Å². The number of rotatable bonds is 3. The molecule has 1 aromatic heterocycles. The van der Waals surface area contributed by atoms with Crippen LogP contribution in [-0.2, 0) is 10.0 Å². The first kappa shape index (κ1) is 13.4. The van der Waals surface area contributed by atoms with Gasteiger partial charge in [0.15, 0.2) is 0 Å². The van der Waals surface area contributed by atoms with E-state index in [1.54, 1.807) is 30.6 Å². The van der Waals surface area contributed by atoms with E-state index in [0.717, 1.165) is 10.8 Å². The summed E-state index contributed by atoms with van der Waals surface area (Å²) in [5, 5.41) is 10.9. The highest BCUT2D eigenvalue weighted by Crippen LogP contribution is 2.25. The summed E-state index contributed by atoms with van der Waals surface area (Å²) in [4.78, 5) is 4.10. The van der Waals surface area contributed by atoms with Crippen molar-refractivity contribution in [3.05, 3.63) is 60.9 Å². The standard InChI is InChI=1S/C15H12N2O3S/c18-12-4-6-13(7-5-12)21(19,20)17-15-3-1-2-11-10-16-9-8-14(11)15/h1-10,17-18H. The number of phenols is 1. The molecule has 0 amide bonds. The Kier molecular flexibility index (Phi) is 3.23. The highest BCUT2D eigenvalue weighted by Gasteiger charge is 2.15. The normalized spacial score (nSPS) is 11.4. The Hall–Kier alpha value is -2.60. The Bertz CT molecular complexity index is 885. The number of benzene rings is 2. The number of hydrogen-bond donors (Lipinski definition) is 2. The molecule has 0 aliphatic rings. The average Bonchev–Trinajstić information content (AvgIpc) is 2.48. The topological polar surface area (TPSA) is 79.3 Å². The molecule has 1 heterocycles. The van der Waals surface area contributed by atoms with Crippen LogP contribution in [0.4, 0.5) is 5.69 Å². The minimum Gasteiger partial charge on any atom is -0.508 e. The molecule has 6 heteroatoms. The highest BCUT2D eigenvalue weighted by molar-refractivity contribution is 7.92. The van der Waals surface area contributed by atoms with Crippen LogP contribution in [0.25, 0.3) is 10.8 Å². The van der Waals surface area contributed by atoms with E-state index in [1.165, 1.54) is 24.3 Å². The van der Waals surface area contributed by atoms with E-state index < -0.39 is 10.0 Å². The van der Waals surface area contributed by atoms with Gasteiger partial charge in [-0.15, -0.1) is 0 Å². The number of nitrogens with zero attached hydrogens (tertiary/aromatic N) is 1. The van der Waals surface area contributed by atoms with E-state index in [4.69, 9.17) is 0 Å². The quantitative estimate of drug-likeness (QED) is 0.779. The van der Waals surface area contributed by atoms with Gasteiger partial charge >= 0.3 is 0 Å². The van der Waals surface area contributed by atoms with Crippen LogP contribution in [0.1, 0.15) is 0 Å². The summed E-state index contributed by atoms with van der Waals surface area (Å²) < 4.78 is 27.3. The van der Waals surface area contributed by atoms with Gasteiger partial charge in [0, 0.05) is 23.2 Å². The van der Waals surface area contributed by atoms with Crippen molar-refractivity contribution in [1.29, 1.82) is 0 Å². The second-order valence-electron chi connectivity index (χ2n) is 4.50. The molecule has 0 aliphatic heterocycles. The molecule has 3 rings (SSSR count). The van der Waals surface area contributed by atoms with Gasteiger partial charge in [-0.3, -0.25) is 9.71 Å². The first-order chi connectivity index (χ1) is 10.1. The van der Waals surface area contributed by atoms with Gasteiger partial charge < -0.3 is 5.11 Å². The van der Waals surface area contributed by atoms with Crippen molar-refractivity contribution in [3.63, 3.8) is 0 Å². The molecule has 0 saturated heterocycles. The maximum atomic E-state index is 12.3. The molecule has 0 fully saturated rings. The molecule has 0 atom stereocenters. The monoisotopic (exact) mass is 300 g/mol. The van der Waals surface area contributed by atoms with E-state index in [0.29, 0.717) is 5.69 Å². The van der Waals surface area contributed by atoms with Crippen LogP contribution in [0.3, 0.4) is 0 Å².